The van der Waals surface area contributed by atoms with Gasteiger partial charge in [-0.3, -0.25) is 9.48 Å². The highest BCUT2D eigenvalue weighted by Crippen LogP contribution is 2.31. The second-order valence-electron chi connectivity index (χ2n) is 7.09. The molecule has 0 N–H and O–H groups in total. The summed E-state index contributed by atoms with van der Waals surface area (Å²) in [7, 11) is 5.32. The number of nitrogens with zero attached hydrogens (tertiary/aromatic N) is 3. The van der Waals surface area contributed by atoms with Gasteiger partial charge in [-0.05, 0) is 38.0 Å². The Morgan fingerprint density at radius 3 is 2.81 bits per heavy atom. The predicted molar refractivity (Wildman–Crippen MR) is 99.4 cm³/mol. The molecule has 1 aliphatic rings. The van der Waals surface area contributed by atoms with Crippen molar-refractivity contribution in [2.75, 3.05) is 14.2 Å². The molecule has 2 heterocycles. The largest absolute Gasteiger partial charge is 0.496 e. The van der Waals surface area contributed by atoms with Crippen molar-refractivity contribution >= 4 is 5.91 Å². The minimum atomic E-state index is -0.0870. The van der Waals surface area contributed by atoms with Crippen molar-refractivity contribution in [2.24, 2.45) is 7.05 Å². The maximum Gasteiger partial charge on any atom is 0.272 e. The summed E-state index contributed by atoms with van der Waals surface area (Å²) in [4.78, 5) is 14.9. The van der Waals surface area contributed by atoms with E-state index in [9.17, 15) is 4.79 Å². The van der Waals surface area contributed by atoms with Gasteiger partial charge in [-0.15, -0.1) is 0 Å². The molecule has 26 heavy (non-hydrogen) atoms. The van der Waals surface area contributed by atoms with E-state index >= 15 is 0 Å². The van der Waals surface area contributed by atoms with Crippen LogP contribution < -0.4 is 4.74 Å². The zero-order valence-corrected chi connectivity index (χ0v) is 16.4. The fourth-order valence-corrected chi connectivity index (χ4v) is 3.70. The molecule has 0 bridgehead atoms. The van der Waals surface area contributed by atoms with E-state index in [1.54, 1.807) is 16.7 Å². The van der Waals surface area contributed by atoms with E-state index in [1.807, 2.05) is 47.0 Å². The number of ether oxygens (including phenoxy) is 2. The van der Waals surface area contributed by atoms with Crippen molar-refractivity contribution in [3.63, 3.8) is 0 Å². The minimum absolute atomic E-state index is 0.0176. The van der Waals surface area contributed by atoms with Gasteiger partial charge in [0.05, 0.1) is 25.0 Å². The first-order valence-electron chi connectivity index (χ1n) is 8.92. The molecular weight excluding hydrogens is 330 g/mol. The first kappa shape index (κ1) is 18.5. The Labute approximate surface area is 154 Å². The van der Waals surface area contributed by atoms with Gasteiger partial charge >= 0.3 is 0 Å². The average molecular weight is 357 g/mol. The maximum atomic E-state index is 13.1. The van der Waals surface area contributed by atoms with Crippen molar-refractivity contribution in [3.8, 4) is 5.75 Å². The van der Waals surface area contributed by atoms with Crippen LogP contribution in [0.15, 0.2) is 18.2 Å². The van der Waals surface area contributed by atoms with Crippen molar-refractivity contribution in [2.45, 2.75) is 45.9 Å². The van der Waals surface area contributed by atoms with Crippen LogP contribution in [0, 0.1) is 6.92 Å². The Kier molecular flexibility index (Phi) is 5.05. The number of benzene rings is 1. The smallest absolute Gasteiger partial charge is 0.272 e. The van der Waals surface area contributed by atoms with Gasteiger partial charge < -0.3 is 14.4 Å². The number of amides is 1. The van der Waals surface area contributed by atoms with Crippen LogP contribution in [0.3, 0.4) is 0 Å². The highest BCUT2D eigenvalue weighted by molar-refractivity contribution is 5.94. The molecule has 0 unspecified atom stereocenters. The van der Waals surface area contributed by atoms with Crippen LogP contribution in [0.2, 0.25) is 0 Å². The maximum absolute atomic E-state index is 13.1. The number of aromatic nitrogens is 2. The van der Waals surface area contributed by atoms with E-state index in [0.717, 1.165) is 28.1 Å². The number of carbonyl (C=O) groups excluding carboxylic acids is 1. The van der Waals surface area contributed by atoms with Crippen molar-refractivity contribution in [1.29, 1.82) is 0 Å². The first-order chi connectivity index (χ1) is 12.3. The predicted octanol–water partition coefficient (Wildman–Crippen LogP) is 3.03. The highest BCUT2D eigenvalue weighted by atomic mass is 16.5. The standard InChI is InChI=1S/C20H27N3O3/c1-12-9-15(7-8-17(12)25-6)11-22(4)20(24)19-16-10-13(2)26-14(3)18(16)21-23(19)5/h7-9,13-14H,10-11H2,1-6H3/t13-,14+/m1/s1. The van der Waals surface area contributed by atoms with Gasteiger partial charge in [0.1, 0.15) is 11.4 Å². The van der Waals surface area contributed by atoms with E-state index in [0.29, 0.717) is 18.7 Å². The van der Waals surface area contributed by atoms with Gasteiger partial charge in [0, 0.05) is 32.6 Å². The fourth-order valence-electron chi connectivity index (χ4n) is 3.70. The number of hydrogen-bond donors (Lipinski definition) is 0. The second-order valence-corrected chi connectivity index (χ2v) is 7.09. The fraction of sp³-hybridized carbons (Fsp3) is 0.500. The Bertz CT molecular complexity index is 828. The van der Waals surface area contributed by atoms with Crippen LogP contribution in [0.1, 0.15) is 52.8 Å². The van der Waals surface area contributed by atoms with Gasteiger partial charge in [0.15, 0.2) is 0 Å². The molecule has 0 radical (unpaired) electrons. The lowest BCUT2D eigenvalue weighted by atomic mass is 9.99. The lowest BCUT2D eigenvalue weighted by molar-refractivity contribution is -0.00713. The third-order valence-electron chi connectivity index (χ3n) is 4.92. The molecule has 1 aromatic heterocycles. The molecule has 0 saturated heterocycles. The van der Waals surface area contributed by atoms with Crippen LogP contribution in [-0.2, 0) is 24.8 Å². The van der Waals surface area contributed by atoms with Crippen LogP contribution in [0.4, 0.5) is 0 Å². The summed E-state index contributed by atoms with van der Waals surface area (Å²) in [6.07, 6.45) is 0.711. The normalized spacial score (nSPS) is 19.2. The van der Waals surface area contributed by atoms with Crippen LogP contribution >= 0.6 is 0 Å². The second kappa shape index (κ2) is 7.11. The third-order valence-corrected chi connectivity index (χ3v) is 4.92. The Morgan fingerprint density at radius 1 is 1.42 bits per heavy atom. The first-order valence-corrected chi connectivity index (χ1v) is 8.92. The zero-order chi connectivity index (χ0) is 19.0. The highest BCUT2D eigenvalue weighted by Gasteiger charge is 2.32. The number of carbonyl (C=O) groups is 1. The van der Waals surface area contributed by atoms with Gasteiger partial charge in [0.2, 0.25) is 0 Å². The van der Waals surface area contributed by atoms with Crippen LogP contribution in [0.25, 0.3) is 0 Å². The van der Waals surface area contributed by atoms with Crippen LogP contribution in [0.5, 0.6) is 5.75 Å². The third kappa shape index (κ3) is 3.33. The Morgan fingerprint density at radius 2 is 2.15 bits per heavy atom. The van der Waals surface area contributed by atoms with Gasteiger partial charge in [0.25, 0.3) is 5.91 Å². The molecule has 140 valence electrons. The van der Waals surface area contributed by atoms with E-state index < -0.39 is 0 Å². The summed E-state index contributed by atoms with van der Waals surface area (Å²) in [6, 6.07) is 5.99. The Hall–Kier alpha value is -2.34. The summed E-state index contributed by atoms with van der Waals surface area (Å²) in [6.45, 7) is 6.56. The van der Waals surface area contributed by atoms with E-state index in [2.05, 4.69) is 11.2 Å². The van der Waals surface area contributed by atoms with Gasteiger partial charge in [-0.2, -0.15) is 5.10 Å². The molecule has 3 rings (SSSR count). The summed E-state index contributed by atoms with van der Waals surface area (Å²) in [5.74, 6) is 0.836. The van der Waals surface area contributed by atoms with E-state index in [1.165, 1.54) is 0 Å². The molecule has 2 atom stereocenters. The molecular formula is C20H27N3O3. The van der Waals surface area contributed by atoms with Crippen molar-refractivity contribution < 1.29 is 14.3 Å². The average Bonchev–Trinajstić information content (AvgIpc) is 2.90. The SMILES string of the molecule is COc1ccc(CN(C)C(=O)c2c3c(nn2C)[C@H](C)O[C@H](C)C3)cc1C. The molecule has 0 aliphatic carbocycles. The summed E-state index contributed by atoms with van der Waals surface area (Å²) >= 11 is 0. The topological polar surface area (TPSA) is 56.6 Å². The lowest BCUT2D eigenvalue weighted by Gasteiger charge is -2.25. The van der Waals surface area contributed by atoms with Crippen molar-refractivity contribution in [1.82, 2.24) is 14.7 Å². The number of aryl methyl sites for hydroxylation is 2. The number of methoxy groups -OCH3 is 1. The summed E-state index contributed by atoms with van der Waals surface area (Å²) in [5.41, 5.74) is 4.68. The van der Waals surface area contributed by atoms with Gasteiger partial charge in [-0.1, -0.05) is 12.1 Å². The number of hydrogen-bond acceptors (Lipinski definition) is 4. The molecule has 1 aliphatic heterocycles. The molecule has 2 aromatic rings. The lowest BCUT2D eigenvalue weighted by Crippen LogP contribution is -2.30. The molecule has 6 nitrogen and oxygen atoms in total. The quantitative estimate of drug-likeness (QED) is 0.844. The molecule has 0 spiro atoms. The molecule has 6 heteroatoms. The zero-order valence-electron chi connectivity index (χ0n) is 16.4. The molecule has 0 fully saturated rings. The summed E-state index contributed by atoms with van der Waals surface area (Å²) < 4.78 is 12.8. The molecule has 0 saturated carbocycles. The minimum Gasteiger partial charge on any atom is -0.496 e. The van der Waals surface area contributed by atoms with E-state index in [-0.39, 0.29) is 18.1 Å². The Balaban J connectivity index is 1.84. The molecule has 1 aromatic carbocycles. The van der Waals surface area contributed by atoms with Crippen molar-refractivity contribution in [3.05, 3.63) is 46.3 Å². The molecule has 1 amide bonds. The number of rotatable bonds is 4. The summed E-state index contributed by atoms with van der Waals surface area (Å²) in [5, 5.41) is 4.54. The number of fused-ring (bicyclic) bond motifs is 1. The monoisotopic (exact) mass is 357 g/mol. The van der Waals surface area contributed by atoms with Gasteiger partial charge in [-0.25, -0.2) is 0 Å². The van der Waals surface area contributed by atoms with E-state index in [4.69, 9.17) is 9.47 Å². The van der Waals surface area contributed by atoms with Crippen LogP contribution in [-0.4, -0.2) is 40.8 Å².